The number of halogens is 1. The number of aryl methyl sites for hydroxylation is 2. The lowest BCUT2D eigenvalue weighted by Crippen LogP contribution is -2.22. The number of hydrogen-bond acceptors (Lipinski definition) is 4. The number of aromatic nitrogens is 3. The summed E-state index contributed by atoms with van der Waals surface area (Å²) in [5.74, 6) is -0.473. The highest BCUT2D eigenvalue weighted by molar-refractivity contribution is 6.34. The van der Waals surface area contributed by atoms with Crippen molar-refractivity contribution in [1.29, 1.82) is 0 Å². The summed E-state index contributed by atoms with van der Waals surface area (Å²) in [4.78, 5) is 41.9. The van der Waals surface area contributed by atoms with Crippen molar-refractivity contribution in [2.24, 2.45) is 0 Å². The summed E-state index contributed by atoms with van der Waals surface area (Å²) >= 11 is 6.18. The molecule has 0 aliphatic carbocycles. The van der Waals surface area contributed by atoms with Crippen molar-refractivity contribution in [2.75, 3.05) is 19.4 Å². The van der Waals surface area contributed by atoms with E-state index in [2.05, 4.69) is 15.4 Å². The summed E-state index contributed by atoms with van der Waals surface area (Å²) in [5, 5.41) is 5.70. The number of amides is 2. The second-order valence-electron chi connectivity index (χ2n) is 6.69. The van der Waals surface area contributed by atoms with Gasteiger partial charge in [0, 0.05) is 42.8 Å². The normalized spacial score (nSPS) is 10.9. The van der Waals surface area contributed by atoms with Gasteiger partial charge in [0.05, 0.1) is 17.0 Å². The zero-order valence-electron chi connectivity index (χ0n) is 16.0. The number of H-pyrrole nitrogens is 1. The minimum absolute atomic E-state index is 0.0802. The van der Waals surface area contributed by atoms with Crippen molar-refractivity contribution in [3.05, 3.63) is 62.2 Å². The van der Waals surface area contributed by atoms with E-state index in [0.717, 1.165) is 11.3 Å². The molecule has 0 radical (unpaired) electrons. The lowest BCUT2D eigenvalue weighted by atomic mass is 10.1. The van der Waals surface area contributed by atoms with E-state index in [1.807, 2.05) is 6.92 Å². The predicted octanol–water partition coefficient (Wildman–Crippen LogP) is 2.18. The first kappa shape index (κ1) is 19.6. The molecule has 2 N–H and O–H groups in total. The quantitative estimate of drug-likeness (QED) is 0.699. The van der Waals surface area contributed by atoms with Gasteiger partial charge in [-0.3, -0.25) is 19.5 Å². The van der Waals surface area contributed by atoms with Crippen molar-refractivity contribution >= 4 is 34.7 Å². The molecule has 0 spiro atoms. The van der Waals surface area contributed by atoms with Gasteiger partial charge in [-0.2, -0.15) is 0 Å². The summed E-state index contributed by atoms with van der Waals surface area (Å²) in [6.07, 6.45) is 0.0802. The van der Waals surface area contributed by atoms with E-state index in [0.29, 0.717) is 22.6 Å². The summed E-state index contributed by atoms with van der Waals surface area (Å²) in [6.45, 7) is 3.62. The van der Waals surface area contributed by atoms with E-state index in [1.165, 1.54) is 11.0 Å². The van der Waals surface area contributed by atoms with Gasteiger partial charge in [0.25, 0.3) is 11.5 Å². The van der Waals surface area contributed by atoms with Crippen molar-refractivity contribution < 1.29 is 9.59 Å². The Morgan fingerprint density at radius 1 is 1.25 bits per heavy atom. The second kappa shape index (κ2) is 7.47. The zero-order valence-corrected chi connectivity index (χ0v) is 16.7. The monoisotopic (exact) mass is 401 g/mol. The van der Waals surface area contributed by atoms with Gasteiger partial charge in [-0.15, -0.1) is 0 Å². The molecule has 8 nitrogen and oxygen atoms in total. The van der Waals surface area contributed by atoms with E-state index in [-0.39, 0.29) is 28.8 Å². The van der Waals surface area contributed by atoms with E-state index >= 15 is 0 Å². The van der Waals surface area contributed by atoms with Crippen LogP contribution in [0.5, 0.6) is 0 Å². The van der Waals surface area contributed by atoms with Gasteiger partial charge in [0.2, 0.25) is 5.91 Å². The molecular weight excluding hydrogens is 382 g/mol. The number of fused-ring (bicyclic) bond motifs is 1. The molecule has 3 rings (SSSR count). The average molecular weight is 402 g/mol. The van der Waals surface area contributed by atoms with Crippen LogP contribution in [0.15, 0.2) is 29.1 Å². The predicted molar refractivity (Wildman–Crippen MR) is 107 cm³/mol. The van der Waals surface area contributed by atoms with Gasteiger partial charge < -0.3 is 10.2 Å². The highest BCUT2D eigenvalue weighted by Crippen LogP contribution is 2.22. The maximum absolute atomic E-state index is 12.5. The number of anilines is 1. The number of nitrogens with zero attached hydrogens (tertiary/aromatic N) is 3. The molecule has 0 saturated carbocycles. The molecular formula is C19H20ClN5O3. The van der Waals surface area contributed by atoms with Gasteiger partial charge >= 0.3 is 0 Å². The Morgan fingerprint density at radius 2 is 1.96 bits per heavy atom. The molecule has 0 fully saturated rings. The van der Waals surface area contributed by atoms with Crippen LogP contribution in [0.1, 0.15) is 27.3 Å². The molecule has 0 aliphatic heterocycles. The molecule has 28 heavy (non-hydrogen) atoms. The highest BCUT2D eigenvalue weighted by atomic mass is 35.5. The van der Waals surface area contributed by atoms with Crippen molar-refractivity contribution in [3.63, 3.8) is 0 Å². The Hall–Kier alpha value is -3.13. The molecule has 9 heteroatoms. The molecule has 2 aromatic heterocycles. The third-order valence-electron chi connectivity index (χ3n) is 4.43. The Balaban J connectivity index is 1.81. The molecule has 3 aromatic rings. The number of benzene rings is 1. The number of hydrogen-bond donors (Lipinski definition) is 2. The molecule has 0 atom stereocenters. The van der Waals surface area contributed by atoms with Gasteiger partial charge in [-0.25, -0.2) is 9.50 Å². The molecule has 1 aromatic carbocycles. The first-order chi connectivity index (χ1) is 13.2. The number of carbonyl (C=O) groups is 2. The fourth-order valence-electron chi connectivity index (χ4n) is 2.98. The average Bonchev–Trinajstić information content (AvgIpc) is 2.98. The van der Waals surface area contributed by atoms with E-state index in [9.17, 15) is 14.4 Å². The smallest absolute Gasteiger partial charge is 0.266 e. The van der Waals surface area contributed by atoms with Crippen molar-refractivity contribution in [1.82, 2.24) is 19.5 Å². The van der Waals surface area contributed by atoms with E-state index in [1.54, 1.807) is 43.7 Å². The number of aromatic amines is 1. The minimum Gasteiger partial charge on any atom is -0.345 e. The Morgan fingerprint density at radius 3 is 2.61 bits per heavy atom. The second-order valence-corrected chi connectivity index (χ2v) is 7.10. The molecule has 146 valence electrons. The largest absolute Gasteiger partial charge is 0.345 e. The number of rotatable bonds is 4. The highest BCUT2D eigenvalue weighted by Gasteiger charge is 2.16. The van der Waals surface area contributed by atoms with Crippen LogP contribution in [0, 0.1) is 13.8 Å². The molecule has 2 amide bonds. The lowest BCUT2D eigenvalue weighted by Gasteiger charge is -2.14. The van der Waals surface area contributed by atoms with Gasteiger partial charge in [-0.05, 0) is 32.0 Å². The van der Waals surface area contributed by atoms with Crippen LogP contribution in [0.2, 0.25) is 5.02 Å². The summed E-state index contributed by atoms with van der Waals surface area (Å²) in [7, 11) is 3.28. The maximum Gasteiger partial charge on any atom is 0.266 e. The first-order valence-corrected chi connectivity index (χ1v) is 8.94. The fraction of sp³-hybridized carbons (Fsp3) is 0.263. The standard InChI is InChI=1S/C19H20ClN5O3/c1-10-14(11(2)25-16(21-10)9-18(27)23-25)8-17(26)22-12-5-6-13(15(20)7-12)19(28)24(3)4/h5-7,9H,8H2,1-4H3,(H,22,26)(H,23,27). The van der Waals surface area contributed by atoms with E-state index in [4.69, 9.17) is 11.6 Å². The van der Waals surface area contributed by atoms with Crippen LogP contribution in [0.25, 0.3) is 5.65 Å². The number of carbonyl (C=O) groups excluding carboxylic acids is 2. The molecule has 0 saturated heterocycles. The van der Waals surface area contributed by atoms with Crippen LogP contribution in [0.3, 0.4) is 0 Å². The van der Waals surface area contributed by atoms with E-state index < -0.39 is 0 Å². The Labute approximate surface area is 166 Å². The molecule has 0 bridgehead atoms. The van der Waals surface area contributed by atoms with Crippen LogP contribution >= 0.6 is 11.6 Å². The first-order valence-electron chi connectivity index (χ1n) is 8.56. The summed E-state index contributed by atoms with van der Waals surface area (Å²) < 4.78 is 1.57. The maximum atomic E-state index is 12.5. The Kier molecular flexibility index (Phi) is 5.24. The Bertz CT molecular complexity index is 1150. The van der Waals surface area contributed by atoms with Gasteiger partial charge in [0.15, 0.2) is 5.65 Å². The molecule has 0 aliphatic rings. The zero-order chi connectivity index (χ0) is 20.6. The third kappa shape index (κ3) is 3.77. The van der Waals surface area contributed by atoms with Gasteiger partial charge in [0.1, 0.15) is 0 Å². The van der Waals surface area contributed by atoms with Crippen LogP contribution in [-0.2, 0) is 11.2 Å². The summed E-state index contributed by atoms with van der Waals surface area (Å²) in [5.41, 5.74) is 3.26. The molecule has 0 unspecified atom stereocenters. The topological polar surface area (TPSA) is 99.6 Å². The summed E-state index contributed by atoms with van der Waals surface area (Å²) in [6, 6.07) is 6.16. The van der Waals surface area contributed by atoms with Crippen molar-refractivity contribution in [3.8, 4) is 0 Å². The van der Waals surface area contributed by atoms with Crippen LogP contribution < -0.4 is 10.9 Å². The third-order valence-corrected chi connectivity index (χ3v) is 4.74. The minimum atomic E-state index is -0.260. The van der Waals surface area contributed by atoms with Crippen LogP contribution in [-0.4, -0.2) is 45.4 Å². The lowest BCUT2D eigenvalue weighted by molar-refractivity contribution is -0.115. The fourth-order valence-corrected chi connectivity index (χ4v) is 3.25. The van der Waals surface area contributed by atoms with Gasteiger partial charge in [-0.1, -0.05) is 11.6 Å². The SMILES string of the molecule is Cc1nc2cc(=O)[nH]n2c(C)c1CC(=O)Nc1ccc(C(=O)N(C)C)c(Cl)c1. The van der Waals surface area contributed by atoms with Crippen LogP contribution in [0.4, 0.5) is 5.69 Å². The number of nitrogens with one attached hydrogen (secondary N) is 2. The van der Waals surface area contributed by atoms with Crippen molar-refractivity contribution in [2.45, 2.75) is 20.3 Å². The molecule has 2 heterocycles.